The quantitative estimate of drug-likeness (QED) is 0.876. The standard InChI is InChI=1S/C16H17ClO/c1-11-6-12(2)8-14(7-11)16(18)10-13-4-3-5-15(17)9-13/h3-9,16,18H,10H2,1-2H3. The Kier molecular flexibility index (Phi) is 4.05. The lowest BCUT2D eigenvalue weighted by Gasteiger charge is -2.13. The molecule has 0 aliphatic rings. The maximum atomic E-state index is 10.3. The van der Waals surface area contributed by atoms with Gasteiger partial charge in [-0.3, -0.25) is 0 Å². The molecule has 0 radical (unpaired) electrons. The molecule has 0 fully saturated rings. The first-order chi connectivity index (χ1) is 8.54. The number of halogens is 1. The summed E-state index contributed by atoms with van der Waals surface area (Å²) in [6, 6.07) is 13.8. The summed E-state index contributed by atoms with van der Waals surface area (Å²) in [5, 5.41) is 11.0. The first kappa shape index (κ1) is 13.1. The fraction of sp³-hybridized carbons (Fsp3) is 0.250. The first-order valence-corrected chi connectivity index (χ1v) is 6.43. The monoisotopic (exact) mass is 260 g/mol. The minimum Gasteiger partial charge on any atom is -0.388 e. The molecule has 1 N–H and O–H groups in total. The second-order valence-electron chi connectivity index (χ2n) is 4.77. The highest BCUT2D eigenvalue weighted by molar-refractivity contribution is 6.30. The van der Waals surface area contributed by atoms with E-state index in [2.05, 4.69) is 6.07 Å². The van der Waals surface area contributed by atoms with Gasteiger partial charge in [0.2, 0.25) is 0 Å². The fourth-order valence-electron chi connectivity index (χ4n) is 2.21. The van der Waals surface area contributed by atoms with Crippen molar-refractivity contribution in [2.24, 2.45) is 0 Å². The Balaban J connectivity index is 2.19. The molecule has 0 aromatic heterocycles. The highest BCUT2D eigenvalue weighted by atomic mass is 35.5. The lowest BCUT2D eigenvalue weighted by atomic mass is 9.98. The second-order valence-corrected chi connectivity index (χ2v) is 5.21. The largest absolute Gasteiger partial charge is 0.388 e. The topological polar surface area (TPSA) is 20.2 Å². The van der Waals surface area contributed by atoms with E-state index in [0.29, 0.717) is 11.4 Å². The third-order valence-corrected chi connectivity index (χ3v) is 3.18. The van der Waals surface area contributed by atoms with Gasteiger partial charge >= 0.3 is 0 Å². The number of aliphatic hydroxyl groups excluding tert-OH is 1. The van der Waals surface area contributed by atoms with Crippen molar-refractivity contribution in [3.63, 3.8) is 0 Å². The molecule has 18 heavy (non-hydrogen) atoms. The lowest BCUT2D eigenvalue weighted by molar-refractivity contribution is 0.178. The van der Waals surface area contributed by atoms with Crippen LogP contribution in [-0.2, 0) is 6.42 Å². The van der Waals surface area contributed by atoms with Crippen molar-refractivity contribution >= 4 is 11.6 Å². The predicted octanol–water partition coefficient (Wildman–Crippen LogP) is 4.23. The zero-order valence-corrected chi connectivity index (χ0v) is 11.4. The summed E-state index contributed by atoms with van der Waals surface area (Å²) in [6.07, 6.45) is 0.103. The zero-order valence-electron chi connectivity index (χ0n) is 10.7. The average molecular weight is 261 g/mol. The summed E-state index contributed by atoms with van der Waals surface area (Å²) in [5.74, 6) is 0. The second kappa shape index (κ2) is 5.55. The number of benzene rings is 2. The van der Waals surface area contributed by atoms with Crippen LogP contribution in [0, 0.1) is 13.8 Å². The summed E-state index contributed by atoms with van der Waals surface area (Å²) in [4.78, 5) is 0. The number of hydrogen-bond acceptors (Lipinski definition) is 1. The minimum absolute atomic E-state index is 0.484. The van der Waals surface area contributed by atoms with E-state index in [-0.39, 0.29) is 0 Å². The first-order valence-electron chi connectivity index (χ1n) is 6.05. The van der Waals surface area contributed by atoms with Crippen LogP contribution in [0.3, 0.4) is 0 Å². The highest BCUT2D eigenvalue weighted by Crippen LogP contribution is 2.22. The average Bonchev–Trinajstić information content (AvgIpc) is 2.27. The van der Waals surface area contributed by atoms with Crippen molar-refractivity contribution < 1.29 is 5.11 Å². The van der Waals surface area contributed by atoms with Crippen molar-refractivity contribution in [1.29, 1.82) is 0 Å². The van der Waals surface area contributed by atoms with E-state index in [1.165, 1.54) is 11.1 Å². The molecule has 94 valence electrons. The van der Waals surface area contributed by atoms with Crippen LogP contribution in [0.2, 0.25) is 5.02 Å². The summed E-state index contributed by atoms with van der Waals surface area (Å²) in [6.45, 7) is 4.09. The van der Waals surface area contributed by atoms with Crippen LogP contribution < -0.4 is 0 Å². The molecule has 2 heteroatoms. The van der Waals surface area contributed by atoms with E-state index < -0.39 is 6.10 Å². The van der Waals surface area contributed by atoms with Crippen molar-refractivity contribution in [2.45, 2.75) is 26.4 Å². The summed E-state index contributed by atoms with van der Waals surface area (Å²) < 4.78 is 0. The molecular formula is C16H17ClO. The van der Waals surface area contributed by atoms with Crippen LogP contribution in [-0.4, -0.2) is 5.11 Å². The molecule has 0 saturated carbocycles. The molecule has 0 aliphatic heterocycles. The van der Waals surface area contributed by atoms with Crippen molar-refractivity contribution in [3.05, 3.63) is 69.7 Å². The van der Waals surface area contributed by atoms with Gasteiger partial charge in [0.15, 0.2) is 0 Å². The zero-order chi connectivity index (χ0) is 13.1. The number of aryl methyl sites for hydroxylation is 2. The van der Waals surface area contributed by atoms with Crippen LogP contribution in [0.1, 0.15) is 28.4 Å². The Morgan fingerprint density at radius 1 is 1.06 bits per heavy atom. The molecule has 0 spiro atoms. The normalized spacial score (nSPS) is 12.4. The maximum Gasteiger partial charge on any atom is 0.0830 e. The highest BCUT2D eigenvalue weighted by Gasteiger charge is 2.09. The Morgan fingerprint density at radius 2 is 1.72 bits per heavy atom. The molecule has 0 aliphatic carbocycles. The van der Waals surface area contributed by atoms with Gasteiger partial charge in [-0.05, 0) is 37.1 Å². The lowest BCUT2D eigenvalue weighted by Crippen LogP contribution is -2.02. The number of hydrogen-bond donors (Lipinski definition) is 1. The van der Waals surface area contributed by atoms with Gasteiger partial charge in [-0.2, -0.15) is 0 Å². The molecule has 0 saturated heterocycles. The Labute approximate surface area is 113 Å². The van der Waals surface area contributed by atoms with E-state index >= 15 is 0 Å². The number of rotatable bonds is 3. The van der Waals surface area contributed by atoms with Crippen LogP contribution in [0.5, 0.6) is 0 Å². The van der Waals surface area contributed by atoms with Gasteiger partial charge in [-0.25, -0.2) is 0 Å². The number of aliphatic hydroxyl groups is 1. The van der Waals surface area contributed by atoms with E-state index in [1.807, 2.05) is 50.2 Å². The maximum absolute atomic E-state index is 10.3. The van der Waals surface area contributed by atoms with Gasteiger partial charge in [-0.15, -0.1) is 0 Å². The fourth-order valence-corrected chi connectivity index (χ4v) is 2.42. The molecule has 2 aromatic rings. The van der Waals surface area contributed by atoms with Crippen LogP contribution >= 0.6 is 11.6 Å². The summed E-state index contributed by atoms with van der Waals surface area (Å²) in [5.41, 5.74) is 4.37. The van der Waals surface area contributed by atoms with Crippen molar-refractivity contribution in [2.75, 3.05) is 0 Å². The third-order valence-electron chi connectivity index (χ3n) is 2.95. The van der Waals surface area contributed by atoms with Gasteiger partial charge in [-0.1, -0.05) is 53.1 Å². The van der Waals surface area contributed by atoms with Crippen molar-refractivity contribution in [3.8, 4) is 0 Å². The van der Waals surface area contributed by atoms with E-state index in [1.54, 1.807) is 0 Å². The molecular weight excluding hydrogens is 244 g/mol. The minimum atomic E-state index is -0.484. The molecule has 2 aromatic carbocycles. The molecule has 1 unspecified atom stereocenters. The summed E-state index contributed by atoms with van der Waals surface area (Å²) in [7, 11) is 0. The smallest absolute Gasteiger partial charge is 0.0830 e. The van der Waals surface area contributed by atoms with Gasteiger partial charge < -0.3 is 5.11 Å². The molecule has 0 heterocycles. The SMILES string of the molecule is Cc1cc(C)cc(C(O)Cc2cccc(Cl)c2)c1. The van der Waals surface area contributed by atoms with Crippen LogP contribution in [0.4, 0.5) is 0 Å². The van der Waals surface area contributed by atoms with E-state index in [9.17, 15) is 5.11 Å². The van der Waals surface area contributed by atoms with Crippen LogP contribution in [0.25, 0.3) is 0 Å². The van der Waals surface area contributed by atoms with E-state index in [0.717, 1.165) is 11.1 Å². The van der Waals surface area contributed by atoms with Gasteiger partial charge in [0, 0.05) is 11.4 Å². The molecule has 0 amide bonds. The predicted molar refractivity (Wildman–Crippen MR) is 76.0 cm³/mol. The Morgan fingerprint density at radius 3 is 2.33 bits per heavy atom. The third kappa shape index (κ3) is 3.34. The Hall–Kier alpha value is -1.31. The molecule has 1 nitrogen and oxygen atoms in total. The van der Waals surface area contributed by atoms with Gasteiger partial charge in [0.25, 0.3) is 0 Å². The summed E-state index contributed by atoms with van der Waals surface area (Å²) >= 11 is 5.94. The Bertz CT molecular complexity index is 528. The van der Waals surface area contributed by atoms with Gasteiger partial charge in [0.1, 0.15) is 0 Å². The van der Waals surface area contributed by atoms with Gasteiger partial charge in [0.05, 0.1) is 6.10 Å². The molecule has 0 bridgehead atoms. The van der Waals surface area contributed by atoms with Crippen molar-refractivity contribution in [1.82, 2.24) is 0 Å². The van der Waals surface area contributed by atoms with Crippen LogP contribution in [0.15, 0.2) is 42.5 Å². The van der Waals surface area contributed by atoms with E-state index in [4.69, 9.17) is 11.6 Å². The molecule has 1 atom stereocenters. The molecule has 2 rings (SSSR count).